The molecule has 1 aromatic heterocycles. The van der Waals surface area contributed by atoms with E-state index < -0.39 is 23.6 Å². The van der Waals surface area contributed by atoms with Gasteiger partial charge in [0.2, 0.25) is 0 Å². The van der Waals surface area contributed by atoms with Crippen molar-refractivity contribution in [3.05, 3.63) is 36.0 Å². The highest BCUT2D eigenvalue weighted by Crippen LogP contribution is 2.19. The minimum atomic E-state index is -0.765. The average Bonchev–Trinajstić information content (AvgIpc) is 2.69. The van der Waals surface area contributed by atoms with Crippen molar-refractivity contribution in [3.63, 3.8) is 0 Å². The van der Waals surface area contributed by atoms with Crippen molar-refractivity contribution in [3.8, 4) is 5.75 Å². The van der Waals surface area contributed by atoms with Crippen LogP contribution in [0.2, 0.25) is 0 Å². The molecule has 30 heavy (non-hydrogen) atoms. The Morgan fingerprint density at radius 1 is 1.23 bits per heavy atom. The summed E-state index contributed by atoms with van der Waals surface area (Å²) in [6, 6.07) is 8.51. The number of fused-ring (bicyclic) bond motifs is 1. The second-order valence-electron chi connectivity index (χ2n) is 8.04. The van der Waals surface area contributed by atoms with Crippen molar-refractivity contribution >= 4 is 29.1 Å². The highest BCUT2D eigenvalue weighted by molar-refractivity contribution is 5.88. The quantitative estimate of drug-likeness (QED) is 0.532. The summed E-state index contributed by atoms with van der Waals surface area (Å²) in [6.07, 6.45) is 1.52. The monoisotopic (exact) mass is 414 g/mol. The average molecular weight is 415 g/mol. The lowest BCUT2D eigenvalue weighted by Crippen LogP contribution is -2.50. The normalized spacial score (nSPS) is 13.7. The number of hydrogen-bond acceptors (Lipinski definition) is 6. The number of nitrogens with zero attached hydrogens (tertiary/aromatic N) is 2. The van der Waals surface area contributed by atoms with Gasteiger partial charge in [-0.25, -0.2) is 15.2 Å². The molecule has 0 saturated heterocycles. The largest absolute Gasteiger partial charge is 0.497 e. The molecule has 0 fully saturated rings. The first kappa shape index (κ1) is 23.1. The molecule has 0 aliphatic heterocycles. The van der Waals surface area contributed by atoms with Crippen LogP contribution in [-0.2, 0) is 9.53 Å². The minimum Gasteiger partial charge on any atom is -0.497 e. The number of pyridine rings is 1. The van der Waals surface area contributed by atoms with Crippen LogP contribution in [-0.4, -0.2) is 42.0 Å². The summed E-state index contributed by atoms with van der Waals surface area (Å²) >= 11 is 0. The van der Waals surface area contributed by atoms with Gasteiger partial charge in [-0.3, -0.25) is 4.79 Å². The molecule has 1 aromatic carbocycles. The number of nitrogens with one attached hydrogen (secondary N) is 2. The molecule has 2 N–H and O–H groups in total. The van der Waals surface area contributed by atoms with E-state index in [1.54, 1.807) is 33.9 Å². The summed E-state index contributed by atoms with van der Waals surface area (Å²) in [7, 11) is 1.61. The number of ether oxygens (including phenoxy) is 2. The van der Waals surface area contributed by atoms with E-state index >= 15 is 0 Å². The second-order valence-corrected chi connectivity index (χ2v) is 8.04. The van der Waals surface area contributed by atoms with E-state index in [4.69, 9.17) is 9.47 Å². The van der Waals surface area contributed by atoms with Gasteiger partial charge in [-0.05, 0) is 51.0 Å². The smallest absolute Gasteiger partial charge is 0.408 e. The lowest BCUT2D eigenvalue weighted by Gasteiger charge is -2.25. The molecule has 8 heteroatoms. The maximum Gasteiger partial charge on any atom is 0.408 e. The molecule has 162 valence electrons. The molecule has 1 heterocycles. The molecule has 0 aliphatic rings. The third-order valence-electron chi connectivity index (χ3n) is 4.46. The van der Waals surface area contributed by atoms with Gasteiger partial charge < -0.3 is 14.8 Å². The zero-order chi connectivity index (χ0) is 22.3. The van der Waals surface area contributed by atoms with Crippen LogP contribution in [0.25, 0.3) is 10.9 Å². The summed E-state index contributed by atoms with van der Waals surface area (Å²) in [4.78, 5) is 29.2. The summed E-state index contributed by atoms with van der Waals surface area (Å²) < 4.78 is 10.5. The first-order valence-electron chi connectivity index (χ1n) is 9.90. The summed E-state index contributed by atoms with van der Waals surface area (Å²) in [5.74, 6) is 0.241. The first-order valence-corrected chi connectivity index (χ1v) is 9.90. The molecule has 0 unspecified atom stereocenters. The molecular weight excluding hydrogens is 384 g/mol. The number of rotatable bonds is 7. The van der Waals surface area contributed by atoms with E-state index in [0.29, 0.717) is 12.1 Å². The molecule has 8 nitrogen and oxygen atoms in total. The molecule has 0 aliphatic carbocycles. The standard InChI is InChI=1S/C22H30N4O4/c1-7-14(2)19(25-21(28)30-22(3,4)5)20(27)26-23-13-16-9-8-15-12-17(29-6)10-11-18(15)24-16/h8-14,19H,7H2,1-6H3,(H,25,28)(H,26,27)/b23-13+/t14-,19+/m1/s1. The Kier molecular flexibility index (Phi) is 7.74. The predicted molar refractivity (Wildman–Crippen MR) is 117 cm³/mol. The maximum atomic E-state index is 12.6. The lowest BCUT2D eigenvalue weighted by atomic mass is 9.99. The molecule has 2 atom stereocenters. The molecular formula is C22H30N4O4. The van der Waals surface area contributed by atoms with Crippen molar-refractivity contribution in [2.75, 3.05) is 7.11 Å². The Morgan fingerprint density at radius 2 is 1.97 bits per heavy atom. The van der Waals surface area contributed by atoms with Crippen LogP contribution in [0.4, 0.5) is 4.79 Å². The highest BCUT2D eigenvalue weighted by Gasteiger charge is 2.28. The summed E-state index contributed by atoms with van der Waals surface area (Å²) in [5, 5.41) is 7.57. The van der Waals surface area contributed by atoms with E-state index in [9.17, 15) is 9.59 Å². The molecule has 0 saturated carbocycles. The Bertz CT molecular complexity index is 921. The zero-order valence-electron chi connectivity index (χ0n) is 18.4. The number of methoxy groups -OCH3 is 1. The molecule has 0 radical (unpaired) electrons. The van der Waals surface area contributed by atoms with Gasteiger partial charge in [0.15, 0.2) is 0 Å². The van der Waals surface area contributed by atoms with Crippen molar-refractivity contribution in [1.82, 2.24) is 15.7 Å². The Labute approximate surface area is 177 Å². The number of carbonyl (C=O) groups excluding carboxylic acids is 2. The predicted octanol–water partition coefficient (Wildman–Crippen LogP) is 3.63. The number of amides is 2. The number of benzene rings is 1. The molecule has 0 bridgehead atoms. The second kappa shape index (κ2) is 10.0. The first-order chi connectivity index (χ1) is 14.1. The van der Waals surface area contributed by atoms with Crippen LogP contribution in [0, 0.1) is 5.92 Å². The fourth-order valence-corrected chi connectivity index (χ4v) is 2.69. The lowest BCUT2D eigenvalue weighted by molar-refractivity contribution is -0.124. The van der Waals surface area contributed by atoms with Crippen LogP contribution in [0.5, 0.6) is 5.75 Å². The highest BCUT2D eigenvalue weighted by atomic mass is 16.6. The fraction of sp³-hybridized carbons (Fsp3) is 0.455. The molecule has 2 amide bonds. The summed E-state index contributed by atoms with van der Waals surface area (Å²) in [5.41, 5.74) is 3.21. The Balaban J connectivity index is 2.05. The van der Waals surface area contributed by atoms with E-state index in [-0.39, 0.29) is 5.92 Å². The number of hydrazone groups is 1. The van der Waals surface area contributed by atoms with E-state index in [2.05, 4.69) is 20.8 Å². The van der Waals surface area contributed by atoms with Crippen molar-refractivity contribution < 1.29 is 19.1 Å². The van der Waals surface area contributed by atoms with Gasteiger partial charge in [0.05, 0.1) is 24.5 Å². The molecule has 2 rings (SSSR count). The van der Waals surface area contributed by atoms with Crippen molar-refractivity contribution in [2.45, 2.75) is 52.7 Å². The van der Waals surface area contributed by atoms with Crippen LogP contribution in [0.15, 0.2) is 35.4 Å². The van der Waals surface area contributed by atoms with Crippen LogP contribution in [0.3, 0.4) is 0 Å². The van der Waals surface area contributed by atoms with Crippen LogP contribution in [0.1, 0.15) is 46.7 Å². The third-order valence-corrected chi connectivity index (χ3v) is 4.46. The third kappa shape index (κ3) is 6.72. The van der Waals surface area contributed by atoms with Crippen molar-refractivity contribution in [1.29, 1.82) is 0 Å². The maximum absolute atomic E-state index is 12.6. The van der Waals surface area contributed by atoms with Crippen LogP contribution >= 0.6 is 0 Å². The van der Waals surface area contributed by atoms with Gasteiger partial charge in [-0.2, -0.15) is 5.10 Å². The Hall–Kier alpha value is -3.16. The molecule has 2 aromatic rings. The SMILES string of the molecule is CC[C@@H](C)[C@H](NC(=O)OC(C)(C)C)C(=O)N/N=C/c1ccc2cc(OC)ccc2n1. The van der Waals surface area contributed by atoms with Crippen LogP contribution < -0.4 is 15.5 Å². The van der Waals surface area contributed by atoms with Gasteiger partial charge in [-0.1, -0.05) is 26.3 Å². The van der Waals surface area contributed by atoms with E-state index in [1.807, 2.05) is 38.1 Å². The van der Waals surface area contributed by atoms with E-state index in [1.165, 1.54) is 6.21 Å². The Morgan fingerprint density at radius 3 is 2.60 bits per heavy atom. The van der Waals surface area contributed by atoms with Gasteiger partial charge in [0, 0.05) is 5.39 Å². The topological polar surface area (TPSA) is 102 Å². The number of alkyl carbamates (subject to hydrolysis) is 1. The number of hydrogen-bond donors (Lipinski definition) is 2. The number of aromatic nitrogens is 1. The minimum absolute atomic E-state index is 0.0958. The van der Waals surface area contributed by atoms with E-state index in [0.717, 1.165) is 16.7 Å². The van der Waals surface area contributed by atoms with Gasteiger partial charge in [-0.15, -0.1) is 0 Å². The zero-order valence-corrected chi connectivity index (χ0v) is 18.4. The molecule has 0 spiro atoms. The van der Waals surface area contributed by atoms with Gasteiger partial charge in [0.25, 0.3) is 5.91 Å². The van der Waals surface area contributed by atoms with Gasteiger partial charge >= 0.3 is 6.09 Å². The summed E-state index contributed by atoms with van der Waals surface area (Å²) in [6.45, 7) is 9.12. The van der Waals surface area contributed by atoms with Crippen molar-refractivity contribution in [2.24, 2.45) is 11.0 Å². The number of carbonyl (C=O) groups is 2. The fourth-order valence-electron chi connectivity index (χ4n) is 2.69. The van der Waals surface area contributed by atoms with Gasteiger partial charge in [0.1, 0.15) is 17.4 Å².